The van der Waals surface area contributed by atoms with Crippen LogP contribution in [0, 0.1) is 5.92 Å². The van der Waals surface area contributed by atoms with E-state index < -0.39 is 0 Å². The molecule has 20 heavy (non-hydrogen) atoms. The van der Waals surface area contributed by atoms with Crippen LogP contribution in [0.5, 0.6) is 0 Å². The molecule has 2 aromatic heterocycles. The molecule has 0 aromatic carbocycles. The first-order valence-corrected chi connectivity index (χ1v) is 7.74. The number of hydrogen-bond donors (Lipinski definition) is 1. The predicted molar refractivity (Wildman–Crippen MR) is 81.8 cm³/mol. The molecule has 5 nitrogen and oxygen atoms in total. The monoisotopic (exact) mass is 275 g/mol. The lowest BCUT2D eigenvalue weighted by molar-refractivity contribution is 0.416. The molecule has 0 radical (unpaired) electrons. The van der Waals surface area contributed by atoms with Gasteiger partial charge in [0.05, 0.1) is 0 Å². The maximum absolute atomic E-state index is 4.32. The number of nitrogens with one attached hydrogen (secondary N) is 1. The van der Waals surface area contributed by atoms with Crippen LogP contribution in [-0.2, 0) is 0 Å². The minimum absolute atomic E-state index is 0.643. The number of aromatic nitrogens is 4. The highest BCUT2D eigenvalue weighted by Gasteiger charge is 2.05. The molecule has 110 valence electrons. The van der Waals surface area contributed by atoms with Crippen LogP contribution in [0.15, 0.2) is 18.5 Å². The molecule has 0 bridgehead atoms. The summed E-state index contributed by atoms with van der Waals surface area (Å²) in [6.45, 7) is 5.50. The molecule has 2 heterocycles. The summed E-state index contributed by atoms with van der Waals surface area (Å²) in [5, 5.41) is 7.60. The van der Waals surface area contributed by atoms with Crippen molar-refractivity contribution in [1.29, 1.82) is 0 Å². The summed E-state index contributed by atoms with van der Waals surface area (Å²) in [5.41, 5.74) is 0. The summed E-state index contributed by atoms with van der Waals surface area (Å²) < 4.78 is 1.69. The lowest BCUT2D eigenvalue weighted by Gasteiger charge is -2.13. The Morgan fingerprint density at radius 1 is 1.25 bits per heavy atom. The second kappa shape index (κ2) is 7.82. The van der Waals surface area contributed by atoms with E-state index >= 15 is 0 Å². The molecule has 0 fully saturated rings. The van der Waals surface area contributed by atoms with Crippen molar-refractivity contribution in [2.45, 2.75) is 52.4 Å². The van der Waals surface area contributed by atoms with E-state index in [1.807, 2.05) is 12.3 Å². The van der Waals surface area contributed by atoms with Gasteiger partial charge in [0.15, 0.2) is 0 Å². The summed E-state index contributed by atoms with van der Waals surface area (Å²) >= 11 is 0. The van der Waals surface area contributed by atoms with Crippen molar-refractivity contribution in [3.63, 3.8) is 0 Å². The van der Waals surface area contributed by atoms with Crippen LogP contribution in [0.25, 0.3) is 5.78 Å². The van der Waals surface area contributed by atoms with Crippen LogP contribution in [0.2, 0.25) is 0 Å². The molecule has 2 aromatic rings. The van der Waals surface area contributed by atoms with Crippen LogP contribution in [-0.4, -0.2) is 26.1 Å². The van der Waals surface area contributed by atoms with E-state index in [-0.39, 0.29) is 0 Å². The minimum Gasteiger partial charge on any atom is -0.353 e. The maximum atomic E-state index is 4.32. The summed E-state index contributed by atoms with van der Waals surface area (Å²) in [7, 11) is 0. The van der Waals surface area contributed by atoms with Gasteiger partial charge >= 0.3 is 0 Å². The molecule has 0 amide bonds. The fraction of sp³-hybridized carbons (Fsp3) is 0.667. The largest absolute Gasteiger partial charge is 0.353 e. The molecule has 0 aliphatic carbocycles. The Kier molecular flexibility index (Phi) is 5.77. The number of unbranched alkanes of at least 4 members (excludes halogenated alkanes) is 1. The third-order valence-corrected chi connectivity index (χ3v) is 3.71. The topological polar surface area (TPSA) is 55.1 Å². The van der Waals surface area contributed by atoms with Crippen LogP contribution in [0.4, 0.5) is 5.95 Å². The molecule has 0 spiro atoms. The highest BCUT2D eigenvalue weighted by atomic mass is 15.4. The third kappa shape index (κ3) is 4.18. The van der Waals surface area contributed by atoms with Gasteiger partial charge in [0, 0.05) is 18.9 Å². The number of hydrogen-bond acceptors (Lipinski definition) is 4. The quantitative estimate of drug-likeness (QED) is 0.711. The first kappa shape index (κ1) is 14.8. The lowest BCUT2D eigenvalue weighted by Crippen LogP contribution is -2.05. The second-order valence-electron chi connectivity index (χ2n) is 5.29. The fourth-order valence-corrected chi connectivity index (χ4v) is 2.53. The number of nitrogens with zero attached hydrogens (tertiary/aromatic N) is 4. The summed E-state index contributed by atoms with van der Waals surface area (Å²) in [6, 6.07) is 1.85. The van der Waals surface area contributed by atoms with Crippen LogP contribution >= 0.6 is 0 Å². The molecule has 0 saturated heterocycles. The molecule has 1 atom stereocenters. The second-order valence-corrected chi connectivity index (χ2v) is 5.29. The van der Waals surface area contributed by atoms with Crippen LogP contribution in [0.1, 0.15) is 52.4 Å². The van der Waals surface area contributed by atoms with E-state index in [2.05, 4.69) is 34.2 Å². The van der Waals surface area contributed by atoms with Gasteiger partial charge in [-0.1, -0.05) is 46.0 Å². The fourth-order valence-electron chi connectivity index (χ4n) is 2.53. The molecule has 1 N–H and O–H groups in total. The van der Waals surface area contributed by atoms with Gasteiger partial charge in [-0.15, -0.1) is 5.10 Å². The smallest absolute Gasteiger partial charge is 0.253 e. The summed E-state index contributed by atoms with van der Waals surface area (Å²) in [6.07, 6.45) is 11.3. The maximum Gasteiger partial charge on any atom is 0.253 e. The van der Waals surface area contributed by atoms with Crippen LogP contribution < -0.4 is 5.32 Å². The van der Waals surface area contributed by atoms with Crippen molar-refractivity contribution in [3.8, 4) is 0 Å². The van der Waals surface area contributed by atoms with Gasteiger partial charge in [-0.25, -0.2) is 9.50 Å². The average Bonchev–Trinajstić information content (AvgIpc) is 2.88. The first-order valence-electron chi connectivity index (χ1n) is 7.74. The van der Waals surface area contributed by atoms with Gasteiger partial charge in [-0.2, -0.15) is 4.98 Å². The van der Waals surface area contributed by atoms with Gasteiger partial charge in [-0.05, 0) is 18.4 Å². The van der Waals surface area contributed by atoms with Gasteiger partial charge < -0.3 is 5.32 Å². The van der Waals surface area contributed by atoms with Crippen molar-refractivity contribution < 1.29 is 0 Å². The van der Waals surface area contributed by atoms with Crippen molar-refractivity contribution in [2.24, 2.45) is 5.92 Å². The Morgan fingerprint density at radius 3 is 2.90 bits per heavy atom. The van der Waals surface area contributed by atoms with Crippen molar-refractivity contribution in [3.05, 3.63) is 18.5 Å². The Balaban J connectivity index is 1.68. The lowest BCUT2D eigenvalue weighted by atomic mass is 9.95. The predicted octanol–water partition coefficient (Wildman–Crippen LogP) is 3.53. The van der Waals surface area contributed by atoms with Gasteiger partial charge in [0.25, 0.3) is 5.78 Å². The highest BCUT2D eigenvalue weighted by Crippen LogP contribution is 2.18. The van der Waals surface area contributed by atoms with E-state index in [1.165, 1.54) is 38.5 Å². The van der Waals surface area contributed by atoms with Gasteiger partial charge in [0.2, 0.25) is 5.95 Å². The molecule has 5 heteroatoms. The SMILES string of the molecule is CCCC(CC)CCCCNc1nc2ncccn2n1. The van der Waals surface area contributed by atoms with Gasteiger partial charge in [0.1, 0.15) is 0 Å². The van der Waals surface area contributed by atoms with Crippen molar-refractivity contribution in [2.75, 3.05) is 11.9 Å². The Hall–Kier alpha value is -1.65. The van der Waals surface area contributed by atoms with Gasteiger partial charge in [-0.3, -0.25) is 0 Å². The standard InChI is InChI=1S/C15H25N5/c1-3-8-13(4-2)9-5-6-10-16-14-18-15-17-11-7-12-20(15)19-14/h7,11-13H,3-6,8-10H2,1-2H3,(H,16,19). The zero-order valence-electron chi connectivity index (χ0n) is 12.5. The minimum atomic E-state index is 0.643. The number of rotatable bonds is 9. The summed E-state index contributed by atoms with van der Waals surface area (Å²) in [4.78, 5) is 8.47. The normalized spacial score (nSPS) is 12.7. The Labute approximate surface area is 120 Å². The highest BCUT2D eigenvalue weighted by molar-refractivity contribution is 5.35. The molecular weight excluding hydrogens is 250 g/mol. The first-order chi connectivity index (χ1) is 9.83. The zero-order chi connectivity index (χ0) is 14.2. The molecule has 0 aliphatic rings. The molecular formula is C15H25N5. The van der Waals surface area contributed by atoms with E-state index in [0.717, 1.165) is 12.5 Å². The molecule has 1 unspecified atom stereocenters. The summed E-state index contributed by atoms with van der Waals surface area (Å²) in [5.74, 6) is 2.21. The third-order valence-electron chi connectivity index (χ3n) is 3.71. The Bertz CT molecular complexity index is 475. The van der Waals surface area contributed by atoms with E-state index in [4.69, 9.17) is 0 Å². The van der Waals surface area contributed by atoms with Crippen LogP contribution in [0.3, 0.4) is 0 Å². The average molecular weight is 275 g/mol. The number of anilines is 1. The molecule has 2 rings (SSSR count). The molecule has 0 aliphatic heterocycles. The van der Waals surface area contributed by atoms with E-state index in [0.29, 0.717) is 11.7 Å². The van der Waals surface area contributed by atoms with Crippen molar-refractivity contribution in [1.82, 2.24) is 19.6 Å². The number of fused-ring (bicyclic) bond motifs is 1. The van der Waals surface area contributed by atoms with Crippen molar-refractivity contribution >= 4 is 11.7 Å². The molecule has 0 saturated carbocycles. The Morgan fingerprint density at radius 2 is 2.15 bits per heavy atom. The van der Waals surface area contributed by atoms with E-state index in [1.54, 1.807) is 10.7 Å². The zero-order valence-corrected chi connectivity index (χ0v) is 12.5. The van der Waals surface area contributed by atoms with E-state index in [9.17, 15) is 0 Å².